The Labute approximate surface area is 430 Å². The van der Waals surface area contributed by atoms with Crippen LogP contribution in [0.4, 0.5) is 51.7 Å². The lowest BCUT2D eigenvalue weighted by molar-refractivity contribution is 0.283. The Morgan fingerprint density at radius 2 is 1.43 bits per heavy atom. The van der Waals surface area contributed by atoms with E-state index in [1.54, 1.807) is 0 Å². The summed E-state index contributed by atoms with van der Waals surface area (Å²) in [6.45, 7) is -0.895. The number of phenolic OH excluding ortho intramolecular Hbond substituents is 1. The molecule has 0 spiro atoms. The Bertz CT molecular complexity index is 3980. The molecule has 7 rings (SSSR count). The van der Waals surface area contributed by atoms with E-state index in [-0.39, 0.29) is 77.8 Å². The number of hydrogen-bond acceptors (Lipinski definition) is 26. The topological polar surface area (TPSA) is 448 Å². The number of azo groups is 2. The summed E-state index contributed by atoms with van der Waals surface area (Å²) in [5.41, 5.74) is -0.390. The summed E-state index contributed by atoms with van der Waals surface area (Å²) in [4.78, 5) is 20.3. The molecule has 29 nitrogen and oxygen atoms in total. The van der Waals surface area contributed by atoms with Gasteiger partial charge in [-0.25, -0.2) is 17.6 Å². The maximum absolute atomic E-state index is 12.8. The summed E-state index contributed by atoms with van der Waals surface area (Å²) in [5, 5.41) is 29.7. The van der Waals surface area contributed by atoms with Gasteiger partial charge in [0.1, 0.15) is 43.5 Å². The Morgan fingerprint density at radius 1 is 0.720 bits per heavy atom. The van der Waals surface area contributed by atoms with Gasteiger partial charge in [-0.05, 0) is 89.8 Å². The third-order valence-corrected chi connectivity index (χ3v) is 15.2. The van der Waals surface area contributed by atoms with Crippen molar-refractivity contribution in [1.29, 1.82) is 0 Å². The summed E-state index contributed by atoms with van der Waals surface area (Å²) in [6, 6.07) is 18.4. The first kappa shape index (κ1) is 55.6. The smallest absolute Gasteiger partial charge is 0.397 e. The molecule has 0 saturated carbocycles. The average Bonchev–Trinajstić information content (AvgIpc) is 3.32. The molecule has 0 radical (unpaired) electrons. The number of nitrogens with two attached hydrogens (primary N) is 1. The molecule has 0 atom stereocenters. The SMILES string of the molecule is COc1cc(S(=O)(=O)CCOS(=O)(=O)O)ccc1N=Nc1c(S(O)(O)O)cc2cc(N(C)c3nc(Cl)nc(Nc4ccc(N=Nc5cc(S(=O)(=O)O)c6cccc(S(=O)(=O)O)c6c5)c(N=CON)c4)n3)ccc2c1O. The molecule has 1 heterocycles. The van der Waals surface area contributed by atoms with E-state index in [0.29, 0.717) is 5.69 Å². The van der Waals surface area contributed by atoms with Crippen LogP contribution in [0.2, 0.25) is 5.28 Å². The van der Waals surface area contributed by atoms with E-state index in [4.69, 9.17) is 26.8 Å². The van der Waals surface area contributed by atoms with Gasteiger partial charge >= 0.3 is 10.4 Å². The van der Waals surface area contributed by atoms with Crippen LogP contribution in [-0.4, -0.2) is 114 Å². The highest BCUT2D eigenvalue weighted by Gasteiger charge is 2.27. The van der Waals surface area contributed by atoms with Crippen molar-refractivity contribution in [2.24, 2.45) is 31.3 Å². The minimum absolute atomic E-state index is 0.0104. The summed E-state index contributed by atoms with van der Waals surface area (Å²) in [7, 11) is -20.9. The summed E-state index contributed by atoms with van der Waals surface area (Å²) in [5.74, 6) is 3.27. The van der Waals surface area contributed by atoms with Gasteiger partial charge in [-0.3, -0.25) is 13.7 Å². The van der Waals surface area contributed by atoms with Gasteiger partial charge in [-0.1, -0.05) is 12.1 Å². The second-order valence-corrected chi connectivity index (χ2v) is 22.8. The van der Waals surface area contributed by atoms with Gasteiger partial charge < -0.3 is 38.6 Å². The Balaban J connectivity index is 1.16. The molecule has 0 unspecified atom stereocenters. The van der Waals surface area contributed by atoms with Crippen molar-refractivity contribution < 1.29 is 79.9 Å². The predicted octanol–water partition coefficient (Wildman–Crippen LogP) is 8.11. The van der Waals surface area contributed by atoms with Crippen LogP contribution in [0.1, 0.15) is 0 Å². The molecule has 396 valence electrons. The average molecular weight is 1150 g/mol. The van der Waals surface area contributed by atoms with E-state index >= 15 is 0 Å². The monoisotopic (exact) mass is 1150 g/mol. The molecule has 0 bridgehead atoms. The number of fused-ring (bicyclic) bond motifs is 2. The zero-order valence-corrected chi connectivity index (χ0v) is 42.6. The molecule has 0 aliphatic rings. The molecule has 75 heavy (non-hydrogen) atoms. The Hall–Kier alpha value is -7.16. The quantitative estimate of drug-likeness (QED) is 0.0121. The molecule has 0 saturated heterocycles. The van der Waals surface area contributed by atoms with Crippen molar-refractivity contribution in [3.8, 4) is 11.5 Å². The number of ether oxygens (including phenoxy) is 1. The molecule has 6 aromatic carbocycles. The highest BCUT2D eigenvalue weighted by atomic mass is 35.5. The van der Waals surface area contributed by atoms with E-state index in [1.165, 1.54) is 60.5 Å². The van der Waals surface area contributed by atoms with Crippen LogP contribution in [0.5, 0.6) is 11.5 Å². The minimum Gasteiger partial charge on any atom is -0.505 e. The zero-order valence-electron chi connectivity index (χ0n) is 37.8. The van der Waals surface area contributed by atoms with Gasteiger partial charge in [0.15, 0.2) is 15.6 Å². The Morgan fingerprint density at radius 3 is 2.09 bits per heavy atom. The number of nitrogens with zero attached hydrogens (tertiary/aromatic N) is 9. The molecule has 0 aliphatic heterocycles. The first-order chi connectivity index (χ1) is 35.1. The molecule has 0 amide bonds. The van der Waals surface area contributed by atoms with Crippen molar-refractivity contribution >= 4 is 143 Å². The van der Waals surface area contributed by atoms with Gasteiger partial charge in [0.05, 0.1) is 40.6 Å². The predicted molar refractivity (Wildman–Crippen MR) is 270 cm³/mol. The number of aromatic hydroxyl groups is 1. The van der Waals surface area contributed by atoms with Crippen LogP contribution < -0.4 is 20.9 Å². The lowest BCUT2D eigenvalue weighted by atomic mass is 10.1. The first-order valence-corrected chi connectivity index (χ1v) is 28.0. The molecule has 0 fully saturated rings. The highest BCUT2D eigenvalue weighted by molar-refractivity contribution is 8.19. The highest BCUT2D eigenvalue weighted by Crippen LogP contribution is 2.55. The summed E-state index contributed by atoms with van der Waals surface area (Å²) < 4.78 is 165. The Kier molecular flexibility index (Phi) is 16.0. The number of aromatic nitrogens is 3. The van der Waals surface area contributed by atoms with Gasteiger partial charge in [-0.15, -0.1) is 15.3 Å². The van der Waals surface area contributed by atoms with Crippen molar-refractivity contribution in [1.82, 2.24) is 15.0 Å². The van der Waals surface area contributed by atoms with Crippen molar-refractivity contribution in [2.75, 3.05) is 36.7 Å². The fourth-order valence-electron chi connectivity index (χ4n) is 6.84. The summed E-state index contributed by atoms with van der Waals surface area (Å²) in [6.07, 6.45) is 0.842. The number of halogens is 1. The first-order valence-electron chi connectivity index (χ1n) is 20.2. The molecule has 0 aliphatic carbocycles. The molecule has 7 aromatic rings. The molecular formula is C40H36ClN11O18S5. The van der Waals surface area contributed by atoms with Gasteiger partial charge in [0.25, 0.3) is 20.2 Å². The number of methoxy groups -OCH3 is 1. The fourth-order valence-corrected chi connectivity index (χ4v) is 10.6. The second kappa shape index (κ2) is 21.6. The van der Waals surface area contributed by atoms with E-state index in [1.807, 2.05) is 0 Å². The maximum Gasteiger partial charge on any atom is 0.397 e. The number of nitrogens with one attached hydrogen (secondary N) is 1. The number of sulfone groups is 1. The molecule has 10 N–H and O–H groups in total. The van der Waals surface area contributed by atoms with Crippen LogP contribution in [0.25, 0.3) is 21.5 Å². The van der Waals surface area contributed by atoms with Crippen molar-refractivity contribution in [2.45, 2.75) is 19.6 Å². The molecular weight excluding hydrogens is 1120 g/mol. The van der Waals surface area contributed by atoms with Crippen molar-refractivity contribution in [3.63, 3.8) is 0 Å². The molecule has 1 aromatic heterocycles. The van der Waals surface area contributed by atoms with Crippen LogP contribution in [0.3, 0.4) is 0 Å². The summed E-state index contributed by atoms with van der Waals surface area (Å²) >= 11 is 6.33. The van der Waals surface area contributed by atoms with Gasteiger partial charge in [0.2, 0.25) is 23.6 Å². The zero-order chi connectivity index (χ0) is 54.8. The second-order valence-electron chi connectivity index (χ2n) is 15.0. The van der Waals surface area contributed by atoms with Crippen LogP contribution >= 0.6 is 22.5 Å². The third kappa shape index (κ3) is 13.2. The number of anilines is 4. The van der Waals surface area contributed by atoms with E-state index in [9.17, 15) is 61.5 Å². The van der Waals surface area contributed by atoms with Crippen molar-refractivity contribution in [3.05, 3.63) is 96.3 Å². The van der Waals surface area contributed by atoms with Crippen LogP contribution in [0, 0.1) is 0 Å². The number of hydrogen-bond donors (Lipinski definition) is 9. The number of phenols is 1. The van der Waals surface area contributed by atoms with Crippen LogP contribution in [-0.2, 0) is 49.5 Å². The fraction of sp³-hybridized carbons (Fsp3) is 0.100. The third-order valence-electron chi connectivity index (χ3n) is 10.2. The van der Waals surface area contributed by atoms with E-state index in [2.05, 4.69) is 54.7 Å². The van der Waals surface area contributed by atoms with E-state index in [0.717, 1.165) is 56.0 Å². The number of rotatable bonds is 19. The van der Waals surface area contributed by atoms with Gasteiger partial charge in [-0.2, -0.15) is 51.2 Å². The van der Waals surface area contributed by atoms with Gasteiger partial charge in [0, 0.05) is 40.6 Å². The normalized spacial score (nSPS) is 13.1. The standard InChI is InChI=1S/C40H36ClN11O18S5/c1-52(24-7-9-26-21(14-24)15-35(74(62,63)64)36(37(26)53)51-50-30-11-8-25(19-32(30)68-2)71(54,55)13-12-70-75(65,66)67)40-46-38(41)45-39(47-40)44-22-6-10-29(31(17-22)43-20-69-42)49-48-23-16-28-27(34(18-23)73(59,60)61)4-3-5-33(28)72(56,57)58/h3-11,14-20,53,62-64H,12-13,42H2,1-2H3,(H,56,57,58)(H,59,60,61)(H,65,66,67)(H,44,45,46,47). The maximum atomic E-state index is 12.8. The minimum atomic E-state index is -4.96. The number of benzene rings is 6. The van der Waals surface area contributed by atoms with Crippen LogP contribution in [0.15, 0.2) is 136 Å². The van der Waals surface area contributed by atoms with E-state index < -0.39 is 89.8 Å². The molecule has 35 heteroatoms. The largest absolute Gasteiger partial charge is 0.505 e. The lowest BCUT2D eigenvalue weighted by Crippen LogP contribution is -2.15. The lowest BCUT2D eigenvalue weighted by Gasteiger charge is -2.23. The number of aliphatic imine (C=N–C) groups is 1.